The van der Waals surface area contributed by atoms with Crippen molar-refractivity contribution in [2.24, 2.45) is 0 Å². The van der Waals surface area contributed by atoms with Gasteiger partial charge in [0.25, 0.3) is 5.56 Å². The molecule has 1 atom stereocenters. The van der Waals surface area contributed by atoms with Crippen LogP contribution in [0, 0.1) is 6.92 Å². The van der Waals surface area contributed by atoms with Crippen LogP contribution in [0.4, 0.5) is 0 Å². The van der Waals surface area contributed by atoms with Gasteiger partial charge in [0.1, 0.15) is 5.82 Å². The summed E-state index contributed by atoms with van der Waals surface area (Å²) in [6, 6.07) is 13.1. The normalized spacial score (nSPS) is 12.4. The molecule has 1 aromatic heterocycles. The first kappa shape index (κ1) is 20.6. The van der Waals surface area contributed by atoms with Crippen molar-refractivity contribution in [3.63, 3.8) is 0 Å². The zero-order valence-corrected chi connectivity index (χ0v) is 17.6. The van der Waals surface area contributed by atoms with Gasteiger partial charge in [-0.15, -0.1) is 0 Å². The van der Waals surface area contributed by atoms with Crippen LogP contribution < -0.4 is 10.9 Å². The molecule has 0 aliphatic carbocycles. The summed E-state index contributed by atoms with van der Waals surface area (Å²) >= 11 is 6.35. The van der Waals surface area contributed by atoms with Crippen molar-refractivity contribution in [2.75, 3.05) is 6.54 Å². The molecule has 0 aliphatic heterocycles. The van der Waals surface area contributed by atoms with Gasteiger partial charge in [-0.2, -0.15) is 0 Å². The second kappa shape index (κ2) is 9.35. The topological polar surface area (TPSA) is 46.9 Å². The predicted octanol–water partition coefficient (Wildman–Crippen LogP) is 5.58. The summed E-state index contributed by atoms with van der Waals surface area (Å²) in [6.07, 6.45) is 4.79. The van der Waals surface area contributed by atoms with E-state index in [1.54, 1.807) is 4.57 Å². The molecule has 28 heavy (non-hydrogen) atoms. The Hall–Kier alpha value is -2.17. The number of halogens is 1. The van der Waals surface area contributed by atoms with E-state index in [2.05, 4.69) is 19.2 Å². The van der Waals surface area contributed by atoms with E-state index in [-0.39, 0.29) is 11.6 Å². The monoisotopic (exact) mass is 397 g/mol. The molecule has 1 unspecified atom stereocenters. The van der Waals surface area contributed by atoms with Crippen molar-refractivity contribution < 1.29 is 0 Å². The smallest absolute Gasteiger partial charge is 0.266 e. The highest BCUT2D eigenvalue weighted by atomic mass is 35.5. The third kappa shape index (κ3) is 4.29. The van der Waals surface area contributed by atoms with Gasteiger partial charge in [-0.1, -0.05) is 56.0 Å². The fraction of sp³-hybridized carbons (Fsp3) is 0.391. The number of hydrogen-bond acceptors (Lipinski definition) is 3. The number of aromatic nitrogens is 2. The number of benzene rings is 2. The Morgan fingerprint density at radius 1 is 1.11 bits per heavy atom. The van der Waals surface area contributed by atoms with Crippen LogP contribution in [0.1, 0.15) is 57.0 Å². The van der Waals surface area contributed by atoms with Crippen molar-refractivity contribution >= 4 is 22.5 Å². The molecule has 0 amide bonds. The highest BCUT2D eigenvalue weighted by molar-refractivity contribution is 6.31. The Kier molecular flexibility index (Phi) is 6.87. The molecule has 0 bridgehead atoms. The number of fused-ring (bicyclic) bond motifs is 1. The summed E-state index contributed by atoms with van der Waals surface area (Å²) in [4.78, 5) is 18.2. The number of nitrogens with one attached hydrogen (secondary N) is 1. The molecule has 3 rings (SSSR count). The molecule has 1 N–H and O–H groups in total. The Morgan fingerprint density at radius 2 is 1.89 bits per heavy atom. The van der Waals surface area contributed by atoms with Crippen molar-refractivity contribution in [3.8, 4) is 5.69 Å². The van der Waals surface area contributed by atoms with Gasteiger partial charge in [0.15, 0.2) is 0 Å². The maximum atomic E-state index is 13.4. The largest absolute Gasteiger partial charge is 0.308 e. The summed E-state index contributed by atoms with van der Waals surface area (Å²) in [5, 5.41) is 4.79. The molecule has 2 aromatic carbocycles. The zero-order valence-electron chi connectivity index (χ0n) is 16.8. The van der Waals surface area contributed by atoms with Crippen LogP contribution in [-0.4, -0.2) is 16.1 Å². The van der Waals surface area contributed by atoms with Crippen LogP contribution in [0.25, 0.3) is 16.6 Å². The molecule has 0 aliphatic rings. The van der Waals surface area contributed by atoms with Crippen LogP contribution in [0.2, 0.25) is 5.02 Å². The minimum Gasteiger partial charge on any atom is -0.308 e. The van der Waals surface area contributed by atoms with Gasteiger partial charge in [0.05, 0.1) is 22.6 Å². The van der Waals surface area contributed by atoms with Crippen molar-refractivity contribution in [3.05, 3.63) is 69.2 Å². The Balaban J connectivity index is 2.07. The number of hydrogen-bond donors (Lipinski definition) is 1. The zero-order chi connectivity index (χ0) is 20.1. The lowest BCUT2D eigenvalue weighted by atomic mass is 10.1. The molecule has 0 spiro atoms. The van der Waals surface area contributed by atoms with Gasteiger partial charge >= 0.3 is 0 Å². The van der Waals surface area contributed by atoms with Crippen LogP contribution in [0.3, 0.4) is 0 Å². The Morgan fingerprint density at radius 3 is 2.68 bits per heavy atom. The summed E-state index contributed by atoms with van der Waals surface area (Å²) in [6.45, 7) is 7.11. The lowest BCUT2D eigenvalue weighted by molar-refractivity contribution is 0.508. The van der Waals surface area contributed by atoms with Crippen LogP contribution in [0.5, 0.6) is 0 Å². The van der Waals surface area contributed by atoms with Crippen molar-refractivity contribution in [1.29, 1.82) is 0 Å². The fourth-order valence-electron chi connectivity index (χ4n) is 3.47. The lowest BCUT2D eigenvalue weighted by Gasteiger charge is -2.21. The quantitative estimate of drug-likeness (QED) is 0.505. The van der Waals surface area contributed by atoms with Crippen molar-refractivity contribution in [1.82, 2.24) is 14.9 Å². The van der Waals surface area contributed by atoms with Crippen molar-refractivity contribution in [2.45, 2.75) is 52.5 Å². The number of para-hydroxylation sites is 1. The molecule has 4 nitrogen and oxygen atoms in total. The summed E-state index contributed by atoms with van der Waals surface area (Å²) in [5.74, 6) is 0.713. The predicted molar refractivity (Wildman–Crippen MR) is 118 cm³/mol. The third-order valence-corrected chi connectivity index (χ3v) is 5.56. The van der Waals surface area contributed by atoms with Gasteiger partial charge in [-0.05, 0) is 56.6 Å². The average molecular weight is 398 g/mol. The SMILES string of the molecule is CCCCCCNC(C)c1nc2ccccc2c(=O)n1-c1cccc(Cl)c1C. The molecule has 0 fully saturated rings. The fourth-order valence-corrected chi connectivity index (χ4v) is 3.64. The van der Waals surface area contributed by atoms with E-state index in [9.17, 15) is 4.79 Å². The van der Waals surface area contributed by atoms with E-state index in [4.69, 9.17) is 16.6 Å². The summed E-state index contributed by atoms with van der Waals surface area (Å²) in [7, 11) is 0. The van der Waals surface area contributed by atoms with E-state index < -0.39 is 0 Å². The highest BCUT2D eigenvalue weighted by Gasteiger charge is 2.19. The Labute approximate surface area is 171 Å². The third-order valence-electron chi connectivity index (χ3n) is 5.15. The highest BCUT2D eigenvalue weighted by Crippen LogP contribution is 2.24. The second-order valence-electron chi connectivity index (χ2n) is 7.25. The summed E-state index contributed by atoms with van der Waals surface area (Å²) in [5.41, 5.74) is 2.31. The molecular formula is C23H28ClN3O. The first-order valence-electron chi connectivity index (χ1n) is 10.0. The molecule has 148 valence electrons. The maximum absolute atomic E-state index is 13.4. The standard InChI is InChI=1S/C23H28ClN3O/c1-4-5-6-9-15-25-17(3)22-26-20-13-8-7-11-18(20)23(28)27(22)21-14-10-12-19(24)16(21)2/h7-8,10-14,17,25H,4-6,9,15H2,1-3H3. The molecule has 0 radical (unpaired) electrons. The van der Waals surface area contributed by atoms with E-state index >= 15 is 0 Å². The molecular weight excluding hydrogens is 370 g/mol. The van der Waals surface area contributed by atoms with Gasteiger partial charge in [-0.25, -0.2) is 4.98 Å². The molecule has 1 heterocycles. The van der Waals surface area contributed by atoms with Gasteiger partial charge in [0, 0.05) is 5.02 Å². The minimum absolute atomic E-state index is 0.0580. The molecule has 0 saturated carbocycles. The van der Waals surface area contributed by atoms with Crippen LogP contribution in [0.15, 0.2) is 47.3 Å². The van der Waals surface area contributed by atoms with Crippen LogP contribution in [-0.2, 0) is 0 Å². The Bertz CT molecular complexity index is 1010. The first-order valence-corrected chi connectivity index (χ1v) is 10.4. The number of rotatable bonds is 8. The first-order chi connectivity index (χ1) is 13.5. The second-order valence-corrected chi connectivity index (χ2v) is 7.66. The summed E-state index contributed by atoms with van der Waals surface area (Å²) < 4.78 is 1.72. The van der Waals surface area contributed by atoms with E-state index in [0.29, 0.717) is 16.2 Å². The van der Waals surface area contributed by atoms with E-state index in [1.807, 2.05) is 49.4 Å². The van der Waals surface area contributed by atoms with E-state index in [0.717, 1.165) is 29.7 Å². The lowest BCUT2D eigenvalue weighted by Crippen LogP contribution is -2.31. The molecule has 0 saturated heterocycles. The average Bonchev–Trinajstić information content (AvgIpc) is 2.70. The van der Waals surface area contributed by atoms with Crippen LogP contribution >= 0.6 is 11.6 Å². The molecule has 3 aromatic rings. The van der Waals surface area contributed by atoms with Gasteiger partial charge in [0.2, 0.25) is 0 Å². The number of unbranched alkanes of at least 4 members (excludes halogenated alkanes) is 3. The maximum Gasteiger partial charge on any atom is 0.266 e. The minimum atomic E-state index is -0.0643. The van der Waals surface area contributed by atoms with Gasteiger partial charge < -0.3 is 5.32 Å². The van der Waals surface area contributed by atoms with Gasteiger partial charge in [-0.3, -0.25) is 9.36 Å². The van der Waals surface area contributed by atoms with E-state index in [1.165, 1.54) is 19.3 Å². The molecule has 5 heteroatoms. The number of nitrogens with zero attached hydrogens (tertiary/aromatic N) is 2.